The van der Waals surface area contributed by atoms with E-state index in [1.807, 2.05) is 35.2 Å². The van der Waals surface area contributed by atoms with E-state index in [2.05, 4.69) is 41.5 Å². The van der Waals surface area contributed by atoms with Gasteiger partial charge in [-0.1, -0.05) is 35.9 Å². The van der Waals surface area contributed by atoms with Crippen LogP contribution in [-0.2, 0) is 0 Å². The summed E-state index contributed by atoms with van der Waals surface area (Å²) >= 11 is 0. The molecule has 132 valence electrons. The molecule has 1 aliphatic rings. The fourth-order valence-electron chi connectivity index (χ4n) is 3.44. The normalized spacial score (nSPS) is 14.4. The summed E-state index contributed by atoms with van der Waals surface area (Å²) < 4.78 is 0. The van der Waals surface area contributed by atoms with Gasteiger partial charge >= 0.3 is 0 Å². The van der Waals surface area contributed by atoms with E-state index in [-0.39, 0.29) is 5.91 Å². The molecule has 1 aromatic heterocycles. The topological polar surface area (TPSA) is 45.2 Å². The Hall–Kier alpha value is -2.88. The number of pyridine rings is 1. The van der Waals surface area contributed by atoms with Crippen LogP contribution in [0.25, 0.3) is 10.9 Å². The molecule has 3 aromatic rings. The smallest absolute Gasteiger partial charge is 0.272 e. The van der Waals surface area contributed by atoms with Crippen molar-refractivity contribution in [1.82, 2.24) is 9.88 Å². The van der Waals surface area contributed by atoms with Crippen molar-refractivity contribution in [3.8, 4) is 0 Å². The molecule has 2 aromatic carbocycles. The number of nitrogens with one attached hydrogen (secondary N) is 1. The molecule has 4 nitrogen and oxygen atoms in total. The van der Waals surface area contributed by atoms with Crippen molar-refractivity contribution in [2.45, 2.75) is 26.2 Å². The summed E-state index contributed by atoms with van der Waals surface area (Å²) in [6.07, 6.45) is 3.36. The number of rotatable bonds is 3. The van der Waals surface area contributed by atoms with Gasteiger partial charge in [-0.25, -0.2) is 4.98 Å². The van der Waals surface area contributed by atoms with Gasteiger partial charge in [0.2, 0.25) is 0 Å². The lowest BCUT2D eigenvalue weighted by molar-refractivity contribution is 0.0719. The number of amides is 1. The molecule has 1 amide bonds. The van der Waals surface area contributed by atoms with Crippen LogP contribution >= 0.6 is 0 Å². The van der Waals surface area contributed by atoms with Crippen LogP contribution in [0.4, 0.5) is 11.4 Å². The first kappa shape index (κ1) is 16.6. The first-order valence-corrected chi connectivity index (χ1v) is 9.23. The van der Waals surface area contributed by atoms with Gasteiger partial charge in [-0.05, 0) is 50.5 Å². The number of fused-ring (bicyclic) bond motifs is 1. The van der Waals surface area contributed by atoms with Crippen molar-refractivity contribution in [3.63, 3.8) is 0 Å². The SMILES string of the molecule is Cc1ccc(Nc2cc(C(=O)N3CCCCC3)nc3ccccc23)cc1. The van der Waals surface area contributed by atoms with Gasteiger partial charge in [-0.3, -0.25) is 4.79 Å². The van der Waals surface area contributed by atoms with Crippen LogP contribution in [0, 0.1) is 6.92 Å². The first-order chi connectivity index (χ1) is 12.7. The highest BCUT2D eigenvalue weighted by atomic mass is 16.2. The number of anilines is 2. The van der Waals surface area contributed by atoms with Crippen molar-refractivity contribution >= 4 is 28.2 Å². The molecule has 0 bridgehead atoms. The summed E-state index contributed by atoms with van der Waals surface area (Å²) in [5, 5.41) is 4.48. The predicted octanol–water partition coefficient (Wildman–Crippen LogP) is 4.91. The second-order valence-corrected chi connectivity index (χ2v) is 6.92. The van der Waals surface area contributed by atoms with E-state index in [4.69, 9.17) is 0 Å². The summed E-state index contributed by atoms with van der Waals surface area (Å²) in [5.74, 6) is 0.0300. The van der Waals surface area contributed by atoms with E-state index in [1.165, 1.54) is 12.0 Å². The lowest BCUT2D eigenvalue weighted by Gasteiger charge is -2.26. The standard InChI is InChI=1S/C22H23N3O/c1-16-9-11-17(12-10-16)23-20-15-21(22(26)25-13-5-2-6-14-25)24-19-8-4-3-7-18(19)20/h3-4,7-12,15H,2,5-6,13-14H2,1H3,(H,23,24). The summed E-state index contributed by atoms with van der Waals surface area (Å²) in [7, 11) is 0. The maximum atomic E-state index is 12.9. The van der Waals surface area contributed by atoms with E-state index in [0.29, 0.717) is 5.69 Å². The molecule has 0 unspecified atom stereocenters. The second kappa shape index (κ2) is 7.16. The molecule has 0 spiro atoms. The molecular formula is C22H23N3O. The molecule has 1 aliphatic heterocycles. The third-order valence-corrected chi connectivity index (χ3v) is 4.91. The summed E-state index contributed by atoms with van der Waals surface area (Å²) in [6.45, 7) is 3.73. The van der Waals surface area contributed by atoms with Crippen molar-refractivity contribution in [2.24, 2.45) is 0 Å². The molecule has 2 heterocycles. The summed E-state index contributed by atoms with van der Waals surface area (Å²) in [4.78, 5) is 19.5. The second-order valence-electron chi connectivity index (χ2n) is 6.92. The number of hydrogen-bond donors (Lipinski definition) is 1. The van der Waals surface area contributed by atoms with E-state index in [1.54, 1.807) is 0 Å². The van der Waals surface area contributed by atoms with E-state index in [9.17, 15) is 4.79 Å². The van der Waals surface area contributed by atoms with Crippen LogP contribution in [0.15, 0.2) is 54.6 Å². The van der Waals surface area contributed by atoms with Gasteiger partial charge in [0.05, 0.1) is 11.2 Å². The zero-order valence-electron chi connectivity index (χ0n) is 15.0. The zero-order chi connectivity index (χ0) is 17.9. The van der Waals surface area contributed by atoms with Crippen LogP contribution < -0.4 is 5.32 Å². The monoisotopic (exact) mass is 345 g/mol. The van der Waals surface area contributed by atoms with Gasteiger partial charge in [0, 0.05) is 24.2 Å². The first-order valence-electron chi connectivity index (χ1n) is 9.23. The molecule has 1 saturated heterocycles. The molecule has 1 fully saturated rings. The highest BCUT2D eigenvalue weighted by Crippen LogP contribution is 2.27. The van der Waals surface area contributed by atoms with Gasteiger partial charge in [-0.15, -0.1) is 0 Å². The Bertz CT molecular complexity index is 928. The molecule has 0 radical (unpaired) electrons. The minimum atomic E-state index is 0.0300. The fraction of sp³-hybridized carbons (Fsp3) is 0.273. The molecule has 26 heavy (non-hydrogen) atoms. The average Bonchev–Trinajstić information content (AvgIpc) is 2.69. The van der Waals surface area contributed by atoms with Crippen LogP contribution in [0.5, 0.6) is 0 Å². The van der Waals surface area contributed by atoms with Gasteiger partial charge in [0.1, 0.15) is 5.69 Å². The van der Waals surface area contributed by atoms with Gasteiger partial charge < -0.3 is 10.2 Å². The summed E-state index contributed by atoms with van der Waals surface area (Å²) in [6, 6.07) is 18.1. The number of piperidine rings is 1. The van der Waals surface area contributed by atoms with Crippen molar-refractivity contribution in [3.05, 3.63) is 65.9 Å². The van der Waals surface area contributed by atoms with E-state index < -0.39 is 0 Å². The number of carbonyl (C=O) groups is 1. The Balaban J connectivity index is 1.73. The number of aryl methyl sites for hydroxylation is 1. The highest BCUT2D eigenvalue weighted by Gasteiger charge is 2.20. The molecule has 0 saturated carbocycles. The lowest BCUT2D eigenvalue weighted by atomic mass is 10.1. The molecule has 4 heteroatoms. The Labute approximate surface area is 153 Å². The quantitative estimate of drug-likeness (QED) is 0.733. The maximum Gasteiger partial charge on any atom is 0.272 e. The van der Waals surface area contributed by atoms with Crippen molar-refractivity contribution in [2.75, 3.05) is 18.4 Å². The molecule has 1 N–H and O–H groups in total. The zero-order valence-corrected chi connectivity index (χ0v) is 15.0. The summed E-state index contributed by atoms with van der Waals surface area (Å²) in [5.41, 5.74) is 4.49. The van der Waals surface area contributed by atoms with E-state index in [0.717, 1.165) is 48.2 Å². The van der Waals surface area contributed by atoms with Gasteiger partial charge in [0.25, 0.3) is 5.91 Å². The predicted molar refractivity (Wildman–Crippen MR) is 106 cm³/mol. The molecular weight excluding hydrogens is 322 g/mol. The molecule has 0 atom stereocenters. The molecule has 4 rings (SSSR count). The Morgan fingerprint density at radius 1 is 1.00 bits per heavy atom. The van der Waals surface area contributed by atoms with Crippen molar-refractivity contribution < 1.29 is 4.79 Å². The van der Waals surface area contributed by atoms with Gasteiger partial charge in [0.15, 0.2) is 0 Å². The number of para-hydroxylation sites is 1. The van der Waals surface area contributed by atoms with Gasteiger partial charge in [-0.2, -0.15) is 0 Å². The van der Waals surface area contributed by atoms with Crippen LogP contribution in [0.2, 0.25) is 0 Å². The minimum Gasteiger partial charge on any atom is -0.355 e. The van der Waals surface area contributed by atoms with Crippen LogP contribution in [0.1, 0.15) is 35.3 Å². The third-order valence-electron chi connectivity index (χ3n) is 4.91. The van der Waals surface area contributed by atoms with Crippen LogP contribution in [0.3, 0.4) is 0 Å². The van der Waals surface area contributed by atoms with E-state index >= 15 is 0 Å². The molecule has 0 aliphatic carbocycles. The Kier molecular flexibility index (Phi) is 4.57. The van der Waals surface area contributed by atoms with Crippen molar-refractivity contribution in [1.29, 1.82) is 0 Å². The number of likely N-dealkylation sites (tertiary alicyclic amines) is 1. The van der Waals surface area contributed by atoms with Crippen LogP contribution in [-0.4, -0.2) is 28.9 Å². The minimum absolute atomic E-state index is 0.0300. The number of nitrogens with zero attached hydrogens (tertiary/aromatic N) is 2. The largest absolute Gasteiger partial charge is 0.355 e. The average molecular weight is 345 g/mol. The third kappa shape index (κ3) is 3.40. The number of hydrogen-bond acceptors (Lipinski definition) is 3. The number of benzene rings is 2. The number of aromatic nitrogens is 1. The lowest BCUT2D eigenvalue weighted by Crippen LogP contribution is -2.36. The number of carbonyl (C=O) groups excluding carboxylic acids is 1. The fourth-order valence-corrected chi connectivity index (χ4v) is 3.44. The Morgan fingerprint density at radius 3 is 2.50 bits per heavy atom. The highest BCUT2D eigenvalue weighted by molar-refractivity contribution is 6.00. The Morgan fingerprint density at radius 2 is 1.73 bits per heavy atom. The maximum absolute atomic E-state index is 12.9.